The molecular formula is C15H26I2O2. The number of allylic oxidation sites excluding steroid dienone is 1. The van der Waals surface area contributed by atoms with Crippen LogP contribution in [0.5, 0.6) is 0 Å². The van der Waals surface area contributed by atoms with Gasteiger partial charge in [-0.05, 0) is 45.4 Å². The molecule has 1 saturated heterocycles. The number of alkyl halides is 2. The molecule has 1 fully saturated rings. The Morgan fingerprint density at radius 3 is 2.84 bits per heavy atom. The van der Waals surface area contributed by atoms with E-state index in [-0.39, 0.29) is 6.29 Å². The Kier molecular flexibility index (Phi) is 11.2. The molecule has 1 atom stereocenters. The number of rotatable bonds is 9. The third-order valence-electron chi connectivity index (χ3n) is 3.25. The number of hydrogen-bond acceptors (Lipinski definition) is 2. The minimum Gasteiger partial charge on any atom is -0.353 e. The molecule has 0 saturated carbocycles. The van der Waals surface area contributed by atoms with Crippen molar-refractivity contribution in [3.8, 4) is 0 Å². The van der Waals surface area contributed by atoms with Crippen LogP contribution in [0, 0.1) is 0 Å². The minimum atomic E-state index is 0.0429. The first-order chi connectivity index (χ1) is 9.18. The smallest absolute Gasteiger partial charge is 0.158 e. The Balaban J connectivity index is 1.98. The van der Waals surface area contributed by atoms with Gasteiger partial charge < -0.3 is 9.47 Å². The lowest BCUT2D eigenvalue weighted by atomic mass is 10.1. The molecule has 112 valence electrons. The number of unbranched alkanes of at least 4 members (excludes halogenated alkanes) is 3. The highest BCUT2D eigenvalue weighted by Gasteiger charge is 2.13. The van der Waals surface area contributed by atoms with Crippen molar-refractivity contribution in [1.82, 2.24) is 0 Å². The van der Waals surface area contributed by atoms with E-state index in [0.717, 1.165) is 21.6 Å². The highest BCUT2D eigenvalue weighted by Crippen LogP contribution is 2.18. The molecule has 0 amide bonds. The summed E-state index contributed by atoms with van der Waals surface area (Å²) in [5, 5.41) is 0. The van der Waals surface area contributed by atoms with E-state index in [9.17, 15) is 0 Å². The molecule has 4 heteroatoms. The Morgan fingerprint density at radius 1 is 1.32 bits per heavy atom. The van der Waals surface area contributed by atoms with E-state index in [1.54, 1.807) is 0 Å². The quantitative estimate of drug-likeness (QED) is 0.180. The highest BCUT2D eigenvalue weighted by atomic mass is 127. The van der Waals surface area contributed by atoms with Gasteiger partial charge in [0.15, 0.2) is 6.29 Å². The van der Waals surface area contributed by atoms with Gasteiger partial charge in [0.05, 0.1) is 8.54 Å². The van der Waals surface area contributed by atoms with Crippen molar-refractivity contribution in [1.29, 1.82) is 0 Å². The van der Waals surface area contributed by atoms with Gasteiger partial charge in [-0.15, -0.1) is 0 Å². The average Bonchev–Trinajstić information content (AvgIpc) is 2.41. The van der Waals surface area contributed by atoms with E-state index < -0.39 is 0 Å². The fourth-order valence-corrected chi connectivity index (χ4v) is 2.97. The van der Waals surface area contributed by atoms with Crippen LogP contribution >= 0.6 is 45.2 Å². The lowest BCUT2D eigenvalue weighted by molar-refractivity contribution is -0.156. The summed E-state index contributed by atoms with van der Waals surface area (Å²) < 4.78 is 12.1. The molecule has 0 aromatic rings. The largest absolute Gasteiger partial charge is 0.353 e. The van der Waals surface area contributed by atoms with E-state index in [2.05, 4.69) is 58.2 Å². The lowest BCUT2D eigenvalue weighted by Gasteiger charge is -2.22. The third kappa shape index (κ3) is 10.5. The molecule has 1 heterocycles. The van der Waals surface area contributed by atoms with E-state index in [4.69, 9.17) is 9.47 Å². The molecule has 0 spiro atoms. The predicted molar refractivity (Wildman–Crippen MR) is 98.2 cm³/mol. The second-order valence-electron chi connectivity index (χ2n) is 5.19. The molecule has 1 unspecified atom stereocenters. The zero-order chi connectivity index (χ0) is 13.9. The van der Waals surface area contributed by atoms with Crippen LogP contribution < -0.4 is 0 Å². The maximum absolute atomic E-state index is 5.76. The minimum absolute atomic E-state index is 0.0429. The number of hydrogen-bond donors (Lipinski definition) is 0. The van der Waals surface area contributed by atoms with Crippen LogP contribution in [0.3, 0.4) is 0 Å². The van der Waals surface area contributed by atoms with Crippen LogP contribution in [-0.4, -0.2) is 21.4 Å². The summed E-state index contributed by atoms with van der Waals surface area (Å²) in [6, 6.07) is 0. The molecule has 1 rings (SSSR count). The fourth-order valence-electron chi connectivity index (χ4n) is 2.09. The molecule has 0 bridgehead atoms. The van der Waals surface area contributed by atoms with Crippen molar-refractivity contribution in [2.24, 2.45) is 0 Å². The Morgan fingerprint density at radius 2 is 2.16 bits per heavy atom. The summed E-state index contributed by atoms with van der Waals surface area (Å²) in [5.41, 5.74) is 1.34. The maximum Gasteiger partial charge on any atom is 0.158 e. The van der Waals surface area contributed by atoms with Crippen LogP contribution in [-0.2, 0) is 9.47 Å². The molecule has 1 aliphatic heterocycles. The third-order valence-corrected chi connectivity index (χ3v) is 4.50. The molecule has 0 aliphatic carbocycles. The van der Waals surface area contributed by atoms with Crippen molar-refractivity contribution in [2.75, 3.05) is 13.2 Å². The van der Waals surface area contributed by atoms with Gasteiger partial charge in [-0.25, -0.2) is 0 Å². The van der Waals surface area contributed by atoms with Gasteiger partial charge in [-0.2, -0.15) is 0 Å². The number of halogens is 2. The second-order valence-corrected chi connectivity index (χ2v) is 10.6. The molecule has 1 aliphatic rings. The van der Waals surface area contributed by atoms with Crippen molar-refractivity contribution in [3.63, 3.8) is 0 Å². The van der Waals surface area contributed by atoms with Gasteiger partial charge in [-0.1, -0.05) is 69.7 Å². The van der Waals surface area contributed by atoms with Crippen LogP contribution in [0.1, 0.15) is 58.3 Å². The van der Waals surface area contributed by atoms with Gasteiger partial charge in [0.1, 0.15) is 0 Å². The molecule has 0 aromatic carbocycles. The van der Waals surface area contributed by atoms with Crippen LogP contribution in [0.2, 0.25) is 0 Å². The molecule has 2 nitrogen and oxygen atoms in total. The first-order valence-corrected chi connectivity index (χ1v) is 9.84. The van der Waals surface area contributed by atoms with Crippen LogP contribution in [0.4, 0.5) is 0 Å². The summed E-state index contributed by atoms with van der Waals surface area (Å²) in [6.07, 6.45) is 12.4. The van der Waals surface area contributed by atoms with Gasteiger partial charge in [-0.3, -0.25) is 0 Å². The summed E-state index contributed by atoms with van der Waals surface area (Å²) >= 11 is 4.98. The fraction of sp³-hybridized carbons (Fsp3) is 0.867. The second kappa shape index (κ2) is 11.7. The highest BCUT2D eigenvalue weighted by molar-refractivity contribution is 14.2. The summed E-state index contributed by atoms with van der Waals surface area (Å²) in [7, 11) is 0. The van der Waals surface area contributed by atoms with Crippen molar-refractivity contribution >= 4 is 45.2 Å². The molecule has 0 radical (unpaired) electrons. The van der Waals surface area contributed by atoms with Crippen molar-refractivity contribution < 1.29 is 9.47 Å². The molecule has 0 aromatic heterocycles. The first-order valence-electron chi connectivity index (χ1n) is 7.35. The molecule has 19 heavy (non-hydrogen) atoms. The normalized spacial score (nSPS) is 21.1. The summed E-state index contributed by atoms with van der Waals surface area (Å²) in [6.45, 7) is 3.75. The Hall–Kier alpha value is 1.12. The van der Waals surface area contributed by atoms with Gasteiger partial charge in [0, 0.05) is 6.61 Å². The van der Waals surface area contributed by atoms with Crippen molar-refractivity contribution in [2.45, 2.75) is 66.5 Å². The monoisotopic (exact) mass is 492 g/mol. The average molecular weight is 492 g/mol. The molecule has 0 N–H and O–H groups in total. The maximum atomic E-state index is 5.76. The first kappa shape index (κ1) is 18.2. The standard InChI is InChI=1S/C15H26I2O2/c1-13(8-4-2-3-5-9-14(16)17)12-19-15-10-6-7-11-18-15/h8,14-15H,2-7,9-12H2,1H3/b13-8+. The topological polar surface area (TPSA) is 18.5 Å². The Bertz CT molecular complexity index is 249. The van der Waals surface area contributed by atoms with E-state index in [0.29, 0.717) is 0 Å². The number of ether oxygens (including phenoxy) is 2. The predicted octanol–water partition coefficient (Wildman–Crippen LogP) is 5.62. The van der Waals surface area contributed by atoms with E-state index >= 15 is 0 Å². The summed E-state index contributed by atoms with van der Waals surface area (Å²) in [4.78, 5) is 0. The zero-order valence-electron chi connectivity index (χ0n) is 11.9. The lowest BCUT2D eigenvalue weighted by Crippen LogP contribution is -2.22. The SMILES string of the molecule is C/C(=C\CCCCCC(I)I)COC1CCCCO1. The van der Waals surface area contributed by atoms with E-state index in [1.807, 2.05) is 0 Å². The van der Waals surface area contributed by atoms with Gasteiger partial charge >= 0.3 is 0 Å². The molecular weight excluding hydrogens is 466 g/mol. The van der Waals surface area contributed by atoms with Crippen LogP contribution in [0.15, 0.2) is 11.6 Å². The van der Waals surface area contributed by atoms with Gasteiger partial charge in [0.2, 0.25) is 0 Å². The van der Waals surface area contributed by atoms with Crippen molar-refractivity contribution in [3.05, 3.63) is 11.6 Å². The van der Waals surface area contributed by atoms with Gasteiger partial charge in [0.25, 0.3) is 0 Å². The van der Waals surface area contributed by atoms with Crippen LogP contribution in [0.25, 0.3) is 0 Å². The zero-order valence-corrected chi connectivity index (χ0v) is 16.2. The Labute approximate surface area is 145 Å². The summed E-state index contributed by atoms with van der Waals surface area (Å²) in [5.74, 6) is 0. The van der Waals surface area contributed by atoms with E-state index in [1.165, 1.54) is 50.5 Å².